The van der Waals surface area contributed by atoms with E-state index in [-0.39, 0.29) is 16.5 Å². The van der Waals surface area contributed by atoms with Crippen LogP contribution in [0.3, 0.4) is 0 Å². The van der Waals surface area contributed by atoms with Gasteiger partial charge in [-0.2, -0.15) is 22.5 Å². The first-order valence-electron chi connectivity index (χ1n) is 10.6. The molecule has 0 bridgehead atoms. The number of aromatic nitrogens is 4. The Kier molecular flexibility index (Phi) is 7.89. The molecule has 2 aromatic heterocycles. The van der Waals surface area contributed by atoms with Crippen LogP contribution in [-0.2, 0) is 10.9 Å². The zero-order valence-corrected chi connectivity index (χ0v) is 19.9. The predicted molar refractivity (Wildman–Crippen MR) is 127 cm³/mol. The van der Waals surface area contributed by atoms with Crippen LogP contribution in [-0.4, -0.2) is 45.6 Å². The van der Waals surface area contributed by atoms with Crippen LogP contribution in [0.5, 0.6) is 5.88 Å². The summed E-state index contributed by atoms with van der Waals surface area (Å²) < 4.78 is 66.8. The molecule has 37 heavy (non-hydrogen) atoms. The molecule has 2 aromatic carbocycles. The zero-order valence-electron chi connectivity index (χ0n) is 19.0. The Hall–Kier alpha value is -4.17. The molecule has 0 saturated carbocycles. The maximum Gasteiger partial charge on any atom is 0.419 e. The average molecular weight is 534 g/mol. The number of nitrogens with one attached hydrogen (secondary N) is 2. The molecular weight excluding hydrogens is 516 g/mol. The van der Waals surface area contributed by atoms with E-state index >= 15 is 0 Å². The molecule has 0 spiro atoms. The summed E-state index contributed by atoms with van der Waals surface area (Å²) in [5.41, 5.74) is -0.503. The molecule has 2 N–H and O–H groups in total. The third kappa shape index (κ3) is 6.74. The first kappa shape index (κ1) is 25.9. The number of anilines is 3. The number of hydrogen-bond donors (Lipinski definition) is 2. The molecule has 0 aliphatic heterocycles. The van der Waals surface area contributed by atoms with Crippen LogP contribution in [0.4, 0.5) is 34.2 Å². The molecule has 192 valence electrons. The molecule has 0 atom stereocenters. The van der Waals surface area contributed by atoms with E-state index in [1.54, 1.807) is 37.4 Å². The van der Waals surface area contributed by atoms with Gasteiger partial charge in [0.2, 0.25) is 11.0 Å². The maximum atomic E-state index is 13.5. The molecule has 0 aliphatic rings. The van der Waals surface area contributed by atoms with Crippen LogP contribution < -0.4 is 15.4 Å². The lowest BCUT2D eigenvalue weighted by atomic mass is 10.1. The standard InChI is InChI=1S/C23H18F4N6O3S/c1-35-8-9-36-19-11-18(28-12-29-19)30-15-5-2-13(3-6-15)21(34)32-22-31-20(33-37-22)14-4-7-17(24)16(10-14)23(25,26)27/h2-7,10-12H,8-9H2,1H3,(H,28,29,30)(H,31,32,33,34). The van der Waals surface area contributed by atoms with E-state index in [2.05, 4.69) is 30.0 Å². The number of benzene rings is 2. The van der Waals surface area contributed by atoms with Gasteiger partial charge in [0, 0.05) is 41.5 Å². The average Bonchev–Trinajstić information content (AvgIpc) is 3.33. The van der Waals surface area contributed by atoms with Crippen molar-refractivity contribution in [1.82, 2.24) is 19.3 Å². The molecule has 0 radical (unpaired) electrons. The van der Waals surface area contributed by atoms with Gasteiger partial charge in [-0.25, -0.2) is 14.4 Å². The van der Waals surface area contributed by atoms with Gasteiger partial charge < -0.3 is 14.8 Å². The lowest BCUT2D eigenvalue weighted by Crippen LogP contribution is -2.11. The Labute approximate surface area is 211 Å². The molecule has 9 nitrogen and oxygen atoms in total. The van der Waals surface area contributed by atoms with Crippen molar-refractivity contribution >= 4 is 34.1 Å². The minimum absolute atomic E-state index is 0.0297. The largest absolute Gasteiger partial charge is 0.475 e. The number of halogens is 4. The normalized spacial score (nSPS) is 11.3. The second kappa shape index (κ2) is 11.3. The van der Waals surface area contributed by atoms with Gasteiger partial charge in [-0.1, -0.05) is 0 Å². The van der Waals surface area contributed by atoms with Gasteiger partial charge >= 0.3 is 6.18 Å². The molecule has 4 aromatic rings. The summed E-state index contributed by atoms with van der Waals surface area (Å²) in [7, 11) is 1.56. The molecule has 0 saturated heterocycles. The fraction of sp³-hybridized carbons (Fsp3) is 0.174. The third-order valence-corrected chi connectivity index (χ3v) is 5.41. The van der Waals surface area contributed by atoms with Crippen LogP contribution in [0.1, 0.15) is 15.9 Å². The zero-order chi connectivity index (χ0) is 26.4. The van der Waals surface area contributed by atoms with Crippen molar-refractivity contribution in [1.29, 1.82) is 0 Å². The van der Waals surface area contributed by atoms with Crippen LogP contribution in [0.15, 0.2) is 54.9 Å². The summed E-state index contributed by atoms with van der Waals surface area (Å²) in [5, 5.41) is 5.69. The number of hydrogen-bond acceptors (Lipinski definition) is 9. The van der Waals surface area contributed by atoms with Crippen molar-refractivity contribution < 1.29 is 31.8 Å². The summed E-state index contributed by atoms with van der Waals surface area (Å²) in [6.45, 7) is 0.755. The van der Waals surface area contributed by atoms with Crippen molar-refractivity contribution in [3.8, 4) is 17.3 Å². The molecule has 14 heteroatoms. The quantitative estimate of drug-likeness (QED) is 0.223. The van der Waals surface area contributed by atoms with Crippen LogP contribution in [0.25, 0.3) is 11.4 Å². The molecular formula is C23H18F4N6O3S. The van der Waals surface area contributed by atoms with Gasteiger partial charge in [0.15, 0.2) is 5.82 Å². The number of carbonyl (C=O) groups excluding carboxylic acids is 1. The van der Waals surface area contributed by atoms with E-state index in [1.807, 2.05) is 0 Å². The second-order valence-electron chi connectivity index (χ2n) is 7.35. The summed E-state index contributed by atoms with van der Waals surface area (Å²) >= 11 is 0.784. The highest BCUT2D eigenvalue weighted by Crippen LogP contribution is 2.34. The van der Waals surface area contributed by atoms with Crippen LogP contribution >= 0.6 is 11.5 Å². The van der Waals surface area contributed by atoms with Crippen molar-refractivity contribution in [3.05, 3.63) is 71.8 Å². The van der Waals surface area contributed by atoms with Gasteiger partial charge in [0.25, 0.3) is 5.91 Å². The molecule has 0 aliphatic carbocycles. The number of carbonyl (C=O) groups is 1. The highest BCUT2D eigenvalue weighted by molar-refractivity contribution is 7.10. The number of nitrogens with zero attached hydrogens (tertiary/aromatic N) is 4. The molecule has 0 fully saturated rings. The van der Waals surface area contributed by atoms with Gasteiger partial charge in [-0.05, 0) is 42.5 Å². The number of methoxy groups -OCH3 is 1. The van der Waals surface area contributed by atoms with E-state index < -0.39 is 23.5 Å². The van der Waals surface area contributed by atoms with Crippen LogP contribution in [0.2, 0.25) is 0 Å². The van der Waals surface area contributed by atoms with E-state index in [9.17, 15) is 22.4 Å². The number of alkyl halides is 3. The summed E-state index contributed by atoms with van der Waals surface area (Å²) in [6.07, 6.45) is -3.51. The van der Waals surface area contributed by atoms with Crippen LogP contribution in [0, 0.1) is 5.82 Å². The summed E-state index contributed by atoms with van der Waals surface area (Å²) in [6, 6.07) is 10.5. The number of rotatable bonds is 9. The SMILES string of the molecule is COCCOc1cc(Nc2ccc(C(=O)Nc3nc(-c4ccc(F)c(C(F)(F)F)c4)ns3)cc2)ncn1. The molecule has 2 heterocycles. The van der Waals surface area contributed by atoms with E-state index in [0.29, 0.717) is 48.3 Å². The lowest BCUT2D eigenvalue weighted by molar-refractivity contribution is -0.139. The number of ether oxygens (including phenoxy) is 2. The highest BCUT2D eigenvalue weighted by atomic mass is 32.1. The fourth-order valence-corrected chi connectivity index (χ4v) is 3.60. The third-order valence-electron chi connectivity index (χ3n) is 4.78. The minimum atomic E-state index is -4.86. The Morgan fingerprint density at radius 2 is 1.84 bits per heavy atom. The smallest absolute Gasteiger partial charge is 0.419 e. The Morgan fingerprint density at radius 3 is 2.57 bits per heavy atom. The fourth-order valence-electron chi connectivity index (χ4n) is 3.01. The molecule has 1 amide bonds. The monoisotopic (exact) mass is 534 g/mol. The van der Waals surface area contributed by atoms with Gasteiger partial charge in [-0.3, -0.25) is 10.1 Å². The highest BCUT2D eigenvalue weighted by Gasteiger charge is 2.34. The van der Waals surface area contributed by atoms with E-state index in [4.69, 9.17) is 9.47 Å². The minimum Gasteiger partial charge on any atom is -0.475 e. The summed E-state index contributed by atoms with van der Waals surface area (Å²) in [5.74, 6) is -1.11. The van der Waals surface area contributed by atoms with Crippen molar-refractivity contribution in [2.45, 2.75) is 6.18 Å². The Balaban J connectivity index is 1.39. The van der Waals surface area contributed by atoms with E-state index in [1.165, 1.54) is 6.33 Å². The van der Waals surface area contributed by atoms with Gasteiger partial charge in [0.1, 0.15) is 24.6 Å². The topological polar surface area (TPSA) is 111 Å². The van der Waals surface area contributed by atoms with Gasteiger partial charge in [0.05, 0.1) is 12.2 Å². The number of amides is 1. The Morgan fingerprint density at radius 1 is 1.05 bits per heavy atom. The molecule has 4 rings (SSSR count). The first-order valence-corrected chi connectivity index (χ1v) is 11.3. The Bertz CT molecular complexity index is 1380. The van der Waals surface area contributed by atoms with Crippen molar-refractivity contribution in [2.24, 2.45) is 0 Å². The van der Waals surface area contributed by atoms with Gasteiger partial charge in [-0.15, -0.1) is 0 Å². The second-order valence-corrected chi connectivity index (χ2v) is 8.11. The summed E-state index contributed by atoms with van der Waals surface area (Å²) in [4.78, 5) is 24.8. The lowest BCUT2D eigenvalue weighted by Gasteiger charge is -2.09. The first-order chi connectivity index (χ1) is 17.7. The molecule has 0 unspecified atom stereocenters. The predicted octanol–water partition coefficient (Wildman–Crippen LogP) is 5.17. The van der Waals surface area contributed by atoms with E-state index in [0.717, 1.165) is 17.6 Å². The van der Waals surface area contributed by atoms with Crippen molar-refractivity contribution in [2.75, 3.05) is 31.0 Å². The maximum absolute atomic E-state index is 13.5. The van der Waals surface area contributed by atoms with Crippen molar-refractivity contribution in [3.63, 3.8) is 0 Å².